The number of aldehydes is 1. The summed E-state index contributed by atoms with van der Waals surface area (Å²) in [5.74, 6) is -0.423. The van der Waals surface area contributed by atoms with E-state index < -0.39 is 12.2 Å². The second-order valence-corrected chi connectivity index (χ2v) is 3.37. The van der Waals surface area contributed by atoms with E-state index in [1.165, 1.54) is 12.5 Å². The fourth-order valence-electron chi connectivity index (χ4n) is 1.51. The van der Waals surface area contributed by atoms with Crippen molar-refractivity contribution in [3.8, 4) is 0 Å². The van der Waals surface area contributed by atoms with Crippen LogP contribution in [-0.2, 0) is 14.3 Å². The van der Waals surface area contributed by atoms with Crippen LogP contribution in [-0.4, -0.2) is 12.6 Å². The molecule has 0 N–H and O–H groups in total. The van der Waals surface area contributed by atoms with Gasteiger partial charge in [-0.2, -0.15) is 0 Å². The number of rotatable bonds is 3. The van der Waals surface area contributed by atoms with Crippen molar-refractivity contribution in [1.29, 1.82) is 0 Å². The second-order valence-electron chi connectivity index (χ2n) is 3.37. The van der Waals surface area contributed by atoms with Gasteiger partial charge in [0.05, 0.1) is 12.5 Å². The molecule has 0 spiro atoms. The van der Waals surface area contributed by atoms with Crippen molar-refractivity contribution in [3.63, 3.8) is 0 Å². The third-order valence-corrected chi connectivity index (χ3v) is 2.32. The van der Waals surface area contributed by atoms with Crippen LogP contribution >= 0.6 is 0 Å². The summed E-state index contributed by atoms with van der Waals surface area (Å²) in [6, 6.07) is 9.43. The molecular formula is C13H12O3. The number of carbonyl (C=O) groups excluding carboxylic acids is 1. The predicted octanol–water partition coefficient (Wildman–Crippen LogP) is 2.37. The lowest BCUT2D eigenvalue weighted by atomic mass is 10.0. The number of allylic oxidation sites excluding steroid dienone is 2. The Morgan fingerprint density at radius 2 is 1.69 bits per heavy atom. The van der Waals surface area contributed by atoms with Crippen LogP contribution in [0.25, 0.3) is 0 Å². The molecule has 1 unspecified atom stereocenters. The minimum absolute atomic E-state index is 0.423. The van der Waals surface area contributed by atoms with Gasteiger partial charge in [-0.15, -0.1) is 0 Å². The van der Waals surface area contributed by atoms with Gasteiger partial charge in [0.15, 0.2) is 0 Å². The number of hydrogen-bond donors (Lipinski definition) is 0. The van der Waals surface area contributed by atoms with Gasteiger partial charge in [-0.1, -0.05) is 30.3 Å². The Morgan fingerprint density at radius 1 is 1.06 bits per heavy atom. The van der Waals surface area contributed by atoms with E-state index in [4.69, 9.17) is 9.47 Å². The van der Waals surface area contributed by atoms with Gasteiger partial charge in [0.2, 0.25) is 0 Å². The normalized spacial score (nSPS) is 17.0. The van der Waals surface area contributed by atoms with Gasteiger partial charge in [0.25, 0.3) is 6.29 Å². The zero-order chi connectivity index (χ0) is 11.2. The molecule has 0 saturated heterocycles. The monoisotopic (exact) mass is 216 g/mol. The highest BCUT2D eigenvalue weighted by molar-refractivity contribution is 5.62. The molecule has 1 heterocycles. The zero-order valence-corrected chi connectivity index (χ0v) is 8.65. The first-order valence-electron chi connectivity index (χ1n) is 5.04. The minimum Gasteiger partial charge on any atom is -0.461 e. The largest absolute Gasteiger partial charge is 0.461 e. The highest BCUT2D eigenvalue weighted by atomic mass is 16.7. The molecule has 2 rings (SSSR count). The standard InChI is InChI=1S/C13H12O3/c14-10-12(11-6-2-1-3-7-11)13-15-8-4-5-9-16-13/h1-10,12-13H. The van der Waals surface area contributed by atoms with Crippen LogP contribution < -0.4 is 0 Å². The number of carbonyl (C=O) groups is 1. The minimum atomic E-state index is -0.602. The van der Waals surface area contributed by atoms with E-state index >= 15 is 0 Å². The highest BCUT2D eigenvalue weighted by Crippen LogP contribution is 2.22. The summed E-state index contributed by atoms with van der Waals surface area (Å²) in [7, 11) is 0. The first-order valence-corrected chi connectivity index (χ1v) is 5.04. The Hall–Kier alpha value is -2.03. The smallest absolute Gasteiger partial charge is 0.252 e. The number of hydrogen-bond acceptors (Lipinski definition) is 3. The Kier molecular flexibility index (Phi) is 3.38. The van der Waals surface area contributed by atoms with Gasteiger partial charge in [-0.3, -0.25) is 0 Å². The molecule has 1 aliphatic rings. The van der Waals surface area contributed by atoms with Gasteiger partial charge < -0.3 is 14.3 Å². The lowest BCUT2D eigenvalue weighted by Gasteiger charge is -2.20. The maximum absolute atomic E-state index is 11.1. The third kappa shape index (κ3) is 2.31. The van der Waals surface area contributed by atoms with Gasteiger partial charge in [-0.25, -0.2) is 0 Å². The molecule has 0 saturated carbocycles. The summed E-state index contributed by atoms with van der Waals surface area (Å²) >= 11 is 0. The number of benzene rings is 1. The fourth-order valence-corrected chi connectivity index (χ4v) is 1.51. The first kappa shape index (κ1) is 10.5. The van der Waals surface area contributed by atoms with E-state index in [1.807, 2.05) is 30.3 Å². The summed E-state index contributed by atoms with van der Waals surface area (Å²) in [5.41, 5.74) is 0.881. The third-order valence-electron chi connectivity index (χ3n) is 2.32. The predicted molar refractivity (Wildman–Crippen MR) is 59.5 cm³/mol. The van der Waals surface area contributed by atoms with Gasteiger partial charge in [0.1, 0.15) is 12.2 Å². The van der Waals surface area contributed by atoms with Crippen molar-refractivity contribution >= 4 is 6.29 Å². The molecule has 1 atom stereocenters. The van der Waals surface area contributed by atoms with Crippen LogP contribution in [0.5, 0.6) is 0 Å². The van der Waals surface area contributed by atoms with Crippen LogP contribution in [0.1, 0.15) is 11.5 Å². The molecule has 1 aliphatic heterocycles. The molecule has 0 bridgehead atoms. The Bertz CT molecular complexity index is 381. The first-order chi connectivity index (χ1) is 7.92. The second kappa shape index (κ2) is 5.16. The van der Waals surface area contributed by atoms with Gasteiger partial charge in [-0.05, 0) is 17.7 Å². The SMILES string of the molecule is O=CC(c1ccccc1)C1OC=CC=CO1. The fraction of sp³-hybridized carbons (Fsp3) is 0.154. The maximum atomic E-state index is 11.1. The van der Waals surface area contributed by atoms with Gasteiger partial charge in [0, 0.05) is 0 Å². The zero-order valence-electron chi connectivity index (χ0n) is 8.65. The Morgan fingerprint density at radius 3 is 2.25 bits per heavy atom. The highest BCUT2D eigenvalue weighted by Gasteiger charge is 2.24. The molecule has 0 aromatic heterocycles. The maximum Gasteiger partial charge on any atom is 0.252 e. The molecule has 0 aliphatic carbocycles. The summed E-state index contributed by atoms with van der Waals surface area (Å²) in [6.45, 7) is 0. The molecule has 16 heavy (non-hydrogen) atoms. The van der Waals surface area contributed by atoms with Crippen molar-refractivity contribution in [2.24, 2.45) is 0 Å². The van der Waals surface area contributed by atoms with E-state index in [0.717, 1.165) is 11.8 Å². The van der Waals surface area contributed by atoms with E-state index in [-0.39, 0.29) is 0 Å². The van der Waals surface area contributed by atoms with Crippen molar-refractivity contribution < 1.29 is 14.3 Å². The van der Waals surface area contributed by atoms with Crippen LogP contribution in [0.15, 0.2) is 55.0 Å². The summed E-state index contributed by atoms with van der Waals surface area (Å²) in [4.78, 5) is 11.1. The van der Waals surface area contributed by atoms with Crippen LogP contribution in [0.2, 0.25) is 0 Å². The molecule has 3 heteroatoms. The molecule has 1 aromatic carbocycles. The number of ether oxygens (including phenoxy) is 2. The molecule has 1 aromatic rings. The summed E-state index contributed by atoms with van der Waals surface area (Å²) in [6.07, 6.45) is 6.71. The molecule has 82 valence electrons. The van der Waals surface area contributed by atoms with E-state index in [2.05, 4.69) is 0 Å². The molecule has 0 radical (unpaired) electrons. The van der Waals surface area contributed by atoms with Crippen molar-refractivity contribution in [3.05, 3.63) is 60.6 Å². The lowest BCUT2D eigenvalue weighted by molar-refractivity contribution is -0.122. The molecular weight excluding hydrogens is 204 g/mol. The average molecular weight is 216 g/mol. The Balaban J connectivity index is 2.19. The van der Waals surface area contributed by atoms with E-state index in [0.29, 0.717) is 0 Å². The quantitative estimate of drug-likeness (QED) is 0.727. The van der Waals surface area contributed by atoms with E-state index in [9.17, 15) is 4.79 Å². The van der Waals surface area contributed by atoms with Crippen molar-refractivity contribution in [2.45, 2.75) is 12.2 Å². The van der Waals surface area contributed by atoms with Crippen LogP contribution in [0.3, 0.4) is 0 Å². The average Bonchev–Trinajstić information content (AvgIpc) is 2.61. The lowest BCUT2D eigenvalue weighted by Crippen LogP contribution is -2.23. The molecule has 0 fully saturated rings. The van der Waals surface area contributed by atoms with Gasteiger partial charge >= 0.3 is 0 Å². The van der Waals surface area contributed by atoms with Crippen LogP contribution in [0.4, 0.5) is 0 Å². The van der Waals surface area contributed by atoms with Crippen LogP contribution in [0, 0.1) is 0 Å². The van der Waals surface area contributed by atoms with Crippen molar-refractivity contribution in [1.82, 2.24) is 0 Å². The van der Waals surface area contributed by atoms with E-state index in [1.54, 1.807) is 12.2 Å². The summed E-state index contributed by atoms with van der Waals surface area (Å²) in [5, 5.41) is 0. The molecule has 3 nitrogen and oxygen atoms in total. The Labute approximate surface area is 94.0 Å². The summed E-state index contributed by atoms with van der Waals surface area (Å²) < 4.78 is 10.6. The van der Waals surface area contributed by atoms with Crippen molar-refractivity contribution in [2.75, 3.05) is 0 Å². The molecule has 0 amide bonds. The topological polar surface area (TPSA) is 35.5 Å².